The van der Waals surface area contributed by atoms with Gasteiger partial charge in [0.15, 0.2) is 0 Å². The predicted octanol–water partition coefficient (Wildman–Crippen LogP) is 1.20. The molecule has 3 N–H and O–H groups in total. The van der Waals surface area contributed by atoms with E-state index in [0.717, 1.165) is 11.3 Å². The summed E-state index contributed by atoms with van der Waals surface area (Å²) in [7, 11) is 0. The summed E-state index contributed by atoms with van der Waals surface area (Å²) in [4.78, 5) is 22.2. The molecule has 2 rings (SSSR count). The van der Waals surface area contributed by atoms with Crippen LogP contribution in [0.5, 0.6) is 0 Å². The summed E-state index contributed by atoms with van der Waals surface area (Å²) >= 11 is 1.10. The van der Waals surface area contributed by atoms with Crippen LogP contribution in [0.25, 0.3) is 0 Å². The number of hydrogen-bond acceptors (Lipinski definition) is 4. The number of fused-ring (bicyclic) bond motifs is 1. The first kappa shape index (κ1) is 9.01. The Morgan fingerprint density at radius 1 is 1.64 bits per heavy atom. The smallest absolute Gasteiger partial charge is 0.348 e. The van der Waals surface area contributed by atoms with Gasteiger partial charge in [0.2, 0.25) is 5.91 Å². The molecule has 0 fully saturated rings. The van der Waals surface area contributed by atoms with Crippen molar-refractivity contribution in [2.75, 3.05) is 10.6 Å². The molecule has 0 aromatic carbocycles. The monoisotopic (exact) mass is 212 g/mol. The van der Waals surface area contributed by atoms with E-state index in [4.69, 9.17) is 5.11 Å². The van der Waals surface area contributed by atoms with Gasteiger partial charge in [-0.2, -0.15) is 0 Å². The summed E-state index contributed by atoms with van der Waals surface area (Å²) in [6, 6.07) is -0.393. The lowest BCUT2D eigenvalue weighted by Crippen LogP contribution is -2.36. The normalized spacial score (nSPS) is 19.5. The molecule has 0 saturated heterocycles. The van der Waals surface area contributed by atoms with E-state index >= 15 is 0 Å². The van der Waals surface area contributed by atoms with E-state index < -0.39 is 12.0 Å². The SMILES string of the molecule is C[C@@H]1Nc2c(csc2C(=O)O)NC1=O. The van der Waals surface area contributed by atoms with Crippen molar-refractivity contribution in [2.24, 2.45) is 0 Å². The molecule has 0 radical (unpaired) electrons. The molecular weight excluding hydrogens is 204 g/mol. The maximum Gasteiger partial charge on any atom is 0.348 e. The number of carbonyl (C=O) groups is 2. The Morgan fingerprint density at radius 2 is 2.36 bits per heavy atom. The first-order valence-electron chi connectivity index (χ1n) is 4.02. The highest BCUT2D eigenvalue weighted by Gasteiger charge is 2.27. The fourth-order valence-electron chi connectivity index (χ4n) is 1.27. The molecule has 1 amide bonds. The first-order chi connectivity index (χ1) is 6.59. The van der Waals surface area contributed by atoms with Crippen molar-refractivity contribution in [2.45, 2.75) is 13.0 Å². The number of anilines is 2. The number of thiophene rings is 1. The standard InChI is InChI=1S/C8H8N2O3S/c1-3-7(11)10-4-2-14-6(8(12)13)5(4)9-3/h2-3,9H,1H3,(H,10,11)(H,12,13)/t3-/m0/s1. The van der Waals surface area contributed by atoms with Crippen LogP contribution in [0, 0.1) is 0 Å². The van der Waals surface area contributed by atoms with E-state index in [1.807, 2.05) is 0 Å². The molecule has 0 bridgehead atoms. The fourth-order valence-corrected chi connectivity index (χ4v) is 2.07. The second-order valence-electron chi connectivity index (χ2n) is 3.01. The lowest BCUT2D eigenvalue weighted by Gasteiger charge is -2.21. The number of nitrogens with one attached hydrogen (secondary N) is 2. The lowest BCUT2D eigenvalue weighted by molar-refractivity contribution is -0.116. The molecule has 6 heteroatoms. The van der Waals surface area contributed by atoms with Gasteiger partial charge in [-0.3, -0.25) is 4.79 Å². The second-order valence-corrected chi connectivity index (χ2v) is 3.89. The number of aromatic carboxylic acids is 1. The Kier molecular flexibility index (Phi) is 1.92. The van der Waals surface area contributed by atoms with Crippen LogP contribution in [0.1, 0.15) is 16.6 Å². The van der Waals surface area contributed by atoms with Crippen molar-refractivity contribution in [3.05, 3.63) is 10.3 Å². The Balaban J connectivity index is 2.45. The van der Waals surface area contributed by atoms with E-state index in [-0.39, 0.29) is 10.8 Å². The molecule has 0 unspecified atom stereocenters. The molecule has 1 aliphatic heterocycles. The second kappa shape index (κ2) is 2.98. The quantitative estimate of drug-likeness (QED) is 0.653. The topological polar surface area (TPSA) is 78.4 Å². The highest BCUT2D eigenvalue weighted by molar-refractivity contribution is 7.13. The molecule has 0 aliphatic carbocycles. The van der Waals surface area contributed by atoms with Crippen LogP contribution < -0.4 is 10.6 Å². The fraction of sp³-hybridized carbons (Fsp3) is 0.250. The van der Waals surface area contributed by atoms with E-state index in [2.05, 4.69) is 10.6 Å². The number of rotatable bonds is 1. The summed E-state index contributed by atoms with van der Waals surface area (Å²) in [5.41, 5.74) is 1.06. The van der Waals surface area contributed by atoms with Crippen molar-refractivity contribution in [1.82, 2.24) is 0 Å². The summed E-state index contributed by atoms with van der Waals surface area (Å²) in [6.07, 6.45) is 0. The van der Waals surface area contributed by atoms with E-state index in [0.29, 0.717) is 11.4 Å². The molecule has 1 atom stereocenters. The van der Waals surface area contributed by atoms with Crippen LogP contribution in [0.3, 0.4) is 0 Å². The van der Waals surface area contributed by atoms with Gasteiger partial charge >= 0.3 is 5.97 Å². The van der Waals surface area contributed by atoms with Gasteiger partial charge in [0.1, 0.15) is 10.9 Å². The van der Waals surface area contributed by atoms with E-state index in [1.165, 1.54) is 0 Å². The van der Waals surface area contributed by atoms with Crippen molar-refractivity contribution < 1.29 is 14.7 Å². The highest BCUT2D eigenvalue weighted by atomic mass is 32.1. The van der Waals surface area contributed by atoms with Gasteiger partial charge in [-0.15, -0.1) is 11.3 Å². The summed E-state index contributed by atoms with van der Waals surface area (Å²) in [6.45, 7) is 1.68. The van der Waals surface area contributed by atoms with Gasteiger partial charge in [-0.1, -0.05) is 0 Å². The third kappa shape index (κ3) is 1.24. The first-order valence-corrected chi connectivity index (χ1v) is 4.89. The van der Waals surface area contributed by atoms with Crippen LogP contribution in [0.4, 0.5) is 11.4 Å². The summed E-state index contributed by atoms with van der Waals surface area (Å²) in [5, 5.41) is 15.9. The third-order valence-electron chi connectivity index (χ3n) is 2.00. The minimum absolute atomic E-state index is 0.146. The van der Waals surface area contributed by atoms with Crippen molar-refractivity contribution >= 4 is 34.6 Å². The summed E-state index contributed by atoms with van der Waals surface area (Å²) < 4.78 is 0. The predicted molar refractivity (Wildman–Crippen MR) is 53.0 cm³/mol. The largest absolute Gasteiger partial charge is 0.477 e. The Hall–Kier alpha value is -1.56. The van der Waals surface area contributed by atoms with Crippen molar-refractivity contribution in [3.8, 4) is 0 Å². The maximum atomic E-state index is 11.2. The van der Waals surface area contributed by atoms with Gasteiger partial charge in [0.25, 0.3) is 0 Å². The molecule has 74 valence electrons. The molecule has 5 nitrogen and oxygen atoms in total. The van der Waals surface area contributed by atoms with Gasteiger partial charge in [0.05, 0.1) is 11.4 Å². The van der Waals surface area contributed by atoms with E-state index in [1.54, 1.807) is 12.3 Å². The minimum Gasteiger partial charge on any atom is -0.477 e. The van der Waals surface area contributed by atoms with Crippen LogP contribution >= 0.6 is 11.3 Å². The average Bonchev–Trinajstić information content (AvgIpc) is 2.48. The van der Waals surface area contributed by atoms with Crippen molar-refractivity contribution in [3.63, 3.8) is 0 Å². The Morgan fingerprint density at radius 3 is 3.00 bits per heavy atom. The zero-order chi connectivity index (χ0) is 10.3. The Bertz CT molecular complexity index is 413. The molecule has 0 saturated carbocycles. The van der Waals surface area contributed by atoms with Gasteiger partial charge < -0.3 is 15.7 Å². The number of hydrogen-bond donors (Lipinski definition) is 3. The van der Waals surface area contributed by atoms with Gasteiger partial charge in [-0.25, -0.2) is 4.79 Å². The van der Waals surface area contributed by atoms with Crippen LogP contribution in [0.2, 0.25) is 0 Å². The van der Waals surface area contributed by atoms with E-state index in [9.17, 15) is 9.59 Å². The lowest BCUT2D eigenvalue weighted by atomic mass is 10.2. The molecule has 1 aromatic heterocycles. The number of carboxylic acid groups (broad SMARTS) is 1. The molecule has 1 aromatic rings. The molecular formula is C8H8N2O3S. The molecule has 14 heavy (non-hydrogen) atoms. The summed E-state index contributed by atoms with van der Waals surface area (Å²) in [5.74, 6) is -1.13. The molecule has 1 aliphatic rings. The van der Waals surface area contributed by atoms with Crippen LogP contribution in [-0.2, 0) is 4.79 Å². The Labute approximate surface area is 83.7 Å². The number of carboxylic acids is 1. The number of amides is 1. The highest BCUT2D eigenvalue weighted by Crippen LogP contribution is 2.35. The van der Waals surface area contributed by atoms with Crippen molar-refractivity contribution in [1.29, 1.82) is 0 Å². The van der Waals surface area contributed by atoms with Crippen LogP contribution in [-0.4, -0.2) is 23.0 Å². The third-order valence-corrected chi connectivity index (χ3v) is 2.97. The molecule has 2 heterocycles. The zero-order valence-corrected chi connectivity index (χ0v) is 8.14. The van der Waals surface area contributed by atoms with Crippen LogP contribution in [0.15, 0.2) is 5.38 Å². The molecule has 0 spiro atoms. The van der Waals surface area contributed by atoms with Gasteiger partial charge in [-0.05, 0) is 6.92 Å². The zero-order valence-electron chi connectivity index (χ0n) is 7.33. The average molecular weight is 212 g/mol. The number of carbonyl (C=O) groups excluding carboxylic acids is 1. The minimum atomic E-state index is -0.980. The van der Waals surface area contributed by atoms with Gasteiger partial charge in [0, 0.05) is 5.38 Å². The maximum absolute atomic E-state index is 11.2.